The van der Waals surface area contributed by atoms with Gasteiger partial charge in [0.25, 0.3) is 0 Å². The molecule has 3 nitrogen and oxygen atoms in total. The van der Waals surface area contributed by atoms with Crippen LogP contribution in [0.1, 0.15) is 25.0 Å². The Labute approximate surface area is 274 Å². The Bertz CT molecular complexity index is 2460. The molecule has 0 bridgehead atoms. The lowest BCUT2D eigenvalue weighted by atomic mass is 9.81. The van der Waals surface area contributed by atoms with E-state index in [1.54, 1.807) is 0 Å². The molecule has 0 spiro atoms. The van der Waals surface area contributed by atoms with Gasteiger partial charge in [0.2, 0.25) is 0 Å². The van der Waals surface area contributed by atoms with Crippen LogP contribution >= 0.6 is 0 Å². The molecule has 222 valence electrons. The summed E-state index contributed by atoms with van der Waals surface area (Å²) in [5.41, 5.74) is 12.7. The summed E-state index contributed by atoms with van der Waals surface area (Å²) in [6.45, 7) is 4.68. The van der Waals surface area contributed by atoms with Crippen molar-refractivity contribution in [2.45, 2.75) is 19.3 Å². The van der Waals surface area contributed by atoms with Gasteiger partial charge in [-0.15, -0.1) is 0 Å². The number of pyridine rings is 1. The van der Waals surface area contributed by atoms with Crippen LogP contribution in [0.15, 0.2) is 152 Å². The number of hydrogen-bond acceptors (Lipinski definition) is 3. The van der Waals surface area contributed by atoms with Crippen molar-refractivity contribution >= 4 is 21.5 Å². The Balaban J connectivity index is 1.17. The molecule has 0 N–H and O–H groups in total. The molecule has 0 amide bonds. The molecule has 6 aromatic carbocycles. The fraction of sp³-hybridized carbons (Fsp3) is 0.0682. The third kappa shape index (κ3) is 4.54. The molecule has 1 aliphatic carbocycles. The van der Waals surface area contributed by atoms with Crippen LogP contribution in [0.4, 0.5) is 0 Å². The second-order valence-corrected chi connectivity index (χ2v) is 12.9. The Hall–Kier alpha value is -5.93. The molecule has 2 heterocycles. The van der Waals surface area contributed by atoms with Crippen LogP contribution < -0.4 is 0 Å². The Kier molecular flexibility index (Phi) is 6.16. The lowest BCUT2D eigenvalue weighted by molar-refractivity contribution is 0.661. The lowest BCUT2D eigenvalue weighted by Crippen LogP contribution is -2.14. The highest BCUT2D eigenvalue weighted by Gasteiger charge is 2.35. The molecular weight excluding hydrogens is 571 g/mol. The van der Waals surface area contributed by atoms with Gasteiger partial charge in [-0.1, -0.05) is 117 Å². The van der Waals surface area contributed by atoms with Crippen molar-refractivity contribution in [2.75, 3.05) is 0 Å². The van der Waals surface area contributed by atoms with Gasteiger partial charge in [-0.25, -0.2) is 9.97 Å². The van der Waals surface area contributed by atoms with Gasteiger partial charge in [0.05, 0.1) is 11.4 Å². The van der Waals surface area contributed by atoms with E-state index in [1.807, 2.05) is 30.6 Å². The van der Waals surface area contributed by atoms with Crippen molar-refractivity contribution in [3.8, 4) is 56.2 Å². The van der Waals surface area contributed by atoms with E-state index >= 15 is 0 Å². The quantitative estimate of drug-likeness (QED) is 0.188. The summed E-state index contributed by atoms with van der Waals surface area (Å²) >= 11 is 0. The van der Waals surface area contributed by atoms with Crippen LogP contribution in [-0.4, -0.2) is 15.0 Å². The minimum absolute atomic E-state index is 0.0144. The summed E-state index contributed by atoms with van der Waals surface area (Å²) in [5, 5.41) is 5.00. The molecule has 9 rings (SSSR count). The van der Waals surface area contributed by atoms with Gasteiger partial charge in [-0.05, 0) is 91.3 Å². The summed E-state index contributed by atoms with van der Waals surface area (Å²) in [7, 11) is 0. The van der Waals surface area contributed by atoms with Crippen molar-refractivity contribution in [3.63, 3.8) is 0 Å². The minimum atomic E-state index is -0.0144. The predicted octanol–water partition coefficient (Wildman–Crippen LogP) is 11.2. The summed E-state index contributed by atoms with van der Waals surface area (Å²) in [6, 6.07) is 49.9. The maximum atomic E-state index is 5.14. The van der Waals surface area contributed by atoms with E-state index in [0.29, 0.717) is 5.82 Å². The topological polar surface area (TPSA) is 38.7 Å². The number of hydrogen-bond donors (Lipinski definition) is 0. The predicted molar refractivity (Wildman–Crippen MR) is 194 cm³/mol. The molecule has 0 unspecified atom stereocenters. The van der Waals surface area contributed by atoms with Crippen molar-refractivity contribution in [2.24, 2.45) is 0 Å². The van der Waals surface area contributed by atoms with Gasteiger partial charge in [0.15, 0.2) is 5.82 Å². The third-order valence-electron chi connectivity index (χ3n) is 9.79. The zero-order valence-electron chi connectivity index (χ0n) is 26.3. The molecule has 47 heavy (non-hydrogen) atoms. The number of nitrogens with zero attached hydrogens (tertiary/aromatic N) is 3. The van der Waals surface area contributed by atoms with Crippen molar-refractivity contribution in [3.05, 3.63) is 163 Å². The van der Waals surface area contributed by atoms with Crippen molar-refractivity contribution in [1.29, 1.82) is 0 Å². The SMILES string of the molecule is CC1(C)c2ccccc2-c2cc3c(ccc4cc(-c5cc(-c6ccccc6)nc(-c6ccc(-c7ccncc7)cc6)n5)ccc43)cc21. The van der Waals surface area contributed by atoms with E-state index < -0.39 is 0 Å². The van der Waals surface area contributed by atoms with Crippen LogP contribution in [0.2, 0.25) is 0 Å². The Morgan fingerprint density at radius 2 is 1.06 bits per heavy atom. The molecule has 2 aromatic heterocycles. The Morgan fingerprint density at radius 1 is 0.426 bits per heavy atom. The maximum absolute atomic E-state index is 5.14. The first-order chi connectivity index (χ1) is 23.0. The van der Waals surface area contributed by atoms with Crippen LogP contribution in [0.25, 0.3) is 77.7 Å². The van der Waals surface area contributed by atoms with Crippen LogP contribution in [-0.2, 0) is 5.41 Å². The Morgan fingerprint density at radius 3 is 1.85 bits per heavy atom. The zero-order chi connectivity index (χ0) is 31.5. The third-order valence-corrected chi connectivity index (χ3v) is 9.79. The standard InChI is InChI=1S/C44H31N3/c1-44(2)39-11-7-6-10-36(39)38-26-37-33(25-40(38)44)17-16-32-24-34(18-19-35(32)37)42-27-41(30-8-4-3-5-9-30)46-43(47-42)31-14-12-28(13-15-31)29-20-22-45-23-21-29/h3-27H,1-2H3. The fourth-order valence-corrected chi connectivity index (χ4v) is 7.26. The van der Waals surface area contributed by atoms with Gasteiger partial charge in [-0.2, -0.15) is 0 Å². The summed E-state index contributed by atoms with van der Waals surface area (Å²) in [5.74, 6) is 0.707. The number of aromatic nitrogens is 3. The first kappa shape index (κ1) is 27.4. The highest BCUT2D eigenvalue weighted by molar-refractivity contribution is 6.10. The van der Waals surface area contributed by atoms with Gasteiger partial charge in [0.1, 0.15) is 0 Å². The first-order valence-corrected chi connectivity index (χ1v) is 16.1. The van der Waals surface area contributed by atoms with Gasteiger partial charge >= 0.3 is 0 Å². The van der Waals surface area contributed by atoms with Crippen LogP contribution in [0, 0.1) is 0 Å². The normalized spacial score (nSPS) is 13.1. The molecule has 0 saturated heterocycles. The number of benzene rings is 6. The van der Waals surface area contributed by atoms with Gasteiger partial charge in [0, 0.05) is 34.5 Å². The van der Waals surface area contributed by atoms with E-state index in [-0.39, 0.29) is 5.41 Å². The first-order valence-electron chi connectivity index (χ1n) is 16.1. The van der Waals surface area contributed by atoms with E-state index in [1.165, 1.54) is 43.8 Å². The fourth-order valence-electron chi connectivity index (χ4n) is 7.26. The summed E-state index contributed by atoms with van der Waals surface area (Å²) in [6.07, 6.45) is 3.64. The number of rotatable bonds is 4. The monoisotopic (exact) mass is 601 g/mol. The molecule has 8 aromatic rings. The van der Waals surface area contributed by atoms with Crippen LogP contribution in [0.5, 0.6) is 0 Å². The van der Waals surface area contributed by atoms with E-state index in [9.17, 15) is 0 Å². The second-order valence-electron chi connectivity index (χ2n) is 12.9. The molecule has 0 atom stereocenters. The molecule has 0 saturated carbocycles. The largest absolute Gasteiger partial charge is 0.265 e. The highest BCUT2D eigenvalue weighted by Crippen LogP contribution is 2.50. The molecule has 3 heteroatoms. The van der Waals surface area contributed by atoms with E-state index in [0.717, 1.165) is 39.2 Å². The lowest BCUT2D eigenvalue weighted by Gasteiger charge is -2.21. The number of fused-ring (bicyclic) bond motifs is 6. The average Bonchev–Trinajstić information content (AvgIpc) is 3.36. The molecule has 0 fully saturated rings. The molecule has 0 radical (unpaired) electrons. The second kappa shape index (κ2) is 10.6. The maximum Gasteiger partial charge on any atom is 0.160 e. The van der Waals surface area contributed by atoms with Crippen molar-refractivity contribution in [1.82, 2.24) is 15.0 Å². The smallest absolute Gasteiger partial charge is 0.160 e. The molecular formula is C44H31N3. The van der Waals surface area contributed by atoms with Gasteiger partial charge in [-0.3, -0.25) is 4.98 Å². The average molecular weight is 602 g/mol. The highest BCUT2D eigenvalue weighted by atomic mass is 14.9. The zero-order valence-corrected chi connectivity index (χ0v) is 26.3. The summed E-state index contributed by atoms with van der Waals surface area (Å²) < 4.78 is 0. The van der Waals surface area contributed by atoms with Gasteiger partial charge < -0.3 is 0 Å². The molecule has 0 aliphatic heterocycles. The molecule has 1 aliphatic rings. The van der Waals surface area contributed by atoms with Crippen LogP contribution in [0.3, 0.4) is 0 Å². The minimum Gasteiger partial charge on any atom is -0.265 e. The van der Waals surface area contributed by atoms with E-state index in [4.69, 9.17) is 9.97 Å². The summed E-state index contributed by atoms with van der Waals surface area (Å²) in [4.78, 5) is 14.3. The van der Waals surface area contributed by atoms with Crippen molar-refractivity contribution < 1.29 is 0 Å². The van der Waals surface area contributed by atoms with E-state index in [2.05, 4.69) is 140 Å².